The number of hydrogen-bond donors (Lipinski definition) is 1. The number of benzene rings is 1. The van der Waals surface area contributed by atoms with Crippen LogP contribution in [0.5, 0.6) is 5.75 Å². The molecule has 0 bridgehead atoms. The highest BCUT2D eigenvalue weighted by atomic mass is 16.5. The van der Waals surface area contributed by atoms with Crippen molar-refractivity contribution >= 4 is 5.97 Å². The minimum Gasteiger partial charge on any atom is -0.494 e. The lowest BCUT2D eigenvalue weighted by Gasteiger charge is -2.10. The van der Waals surface area contributed by atoms with E-state index in [4.69, 9.17) is 10.5 Å². The van der Waals surface area contributed by atoms with E-state index < -0.39 is 12.0 Å². The molecule has 0 amide bonds. The van der Waals surface area contributed by atoms with Gasteiger partial charge in [0.15, 0.2) is 0 Å². The molecule has 1 aromatic carbocycles. The number of carbonyl (C=O) groups is 1. The second kappa shape index (κ2) is 6.03. The largest absolute Gasteiger partial charge is 0.494 e. The van der Waals surface area contributed by atoms with Crippen molar-refractivity contribution in [1.29, 1.82) is 0 Å². The molecule has 0 saturated carbocycles. The van der Waals surface area contributed by atoms with E-state index in [0.717, 1.165) is 5.75 Å². The number of para-hydroxylation sites is 1. The summed E-state index contributed by atoms with van der Waals surface area (Å²) in [6, 6.07) is 8.77. The number of carbonyl (C=O) groups excluding carboxylic acids is 1. The summed E-state index contributed by atoms with van der Waals surface area (Å²) in [5.41, 5.74) is 5.54. The molecular formula is C11H15NO3. The monoisotopic (exact) mass is 209 g/mol. The molecule has 2 N–H and O–H groups in total. The molecule has 0 fully saturated rings. The van der Waals surface area contributed by atoms with Crippen LogP contribution in [0.4, 0.5) is 0 Å². The molecule has 1 atom stereocenters. The summed E-state index contributed by atoms with van der Waals surface area (Å²) < 4.78 is 9.88. The molecule has 15 heavy (non-hydrogen) atoms. The van der Waals surface area contributed by atoms with E-state index >= 15 is 0 Å². The van der Waals surface area contributed by atoms with Crippen LogP contribution in [-0.4, -0.2) is 25.7 Å². The van der Waals surface area contributed by atoms with Gasteiger partial charge in [0.25, 0.3) is 0 Å². The van der Waals surface area contributed by atoms with E-state index in [2.05, 4.69) is 4.74 Å². The number of esters is 1. The standard InChI is InChI=1S/C11H15NO3/c1-14-11(13)10(12)7-8-15-9-5-3-2-4-6-9/h2-6,10H,7-8,12H2,1H3/t10-/m1/s1. The quantitative estimate of drug-likeness (QED) is 0.733. The Hall–Kier alpha value is -1.55. The molecule has 0 aliphatic heterocycles. The maximum atomic E-state index is 11.0. The molecule has 4 heteroatoms. The van der Waals surface area contributed by atoms with Gasteiger partial charge in [0, 0.05) is 6.42 Å². The second-order valence-electron chi connectivity index (χ2n) is 3.08. The normalized spacial score (nSPS) is 11.9. The zero-order valence-corrected chi connectivity index (χ0v) is 8.68. The maximum Gasteiger partial charge on any atom is 0.322 e. The molecule has 0 spiro atoms. The van der Waals surface area contributed by atoms with Crippen LogP contribution in [0.2, 0.25) is 0 Å². The first-order chi connectivity index (χ1) is 7.24. The van der Waals surface area contributed by atoms with Crippen LogP contribution in [0.3, 0.4) is 0 Å². The zero-order chi connectivity index (χ0) is 11.1. The summed E-state index contributed by atoms with van der Waals surface area (Å²) in [4.78, 5) is 11.0. The van der Waals surface area contributed by atoms with E-state index in [-0.39, 0.29) is 0 Å². The third kappa shape index (κ3) is 3.99. The van der Waals surface area contributed by atoms with Crippen molar-refractivity contribution in [2.45, 2.75) is 12.5 Å². The molecule has 82 valence electrons. The number of methoxy groups -OCH3 is 1. The highest BCUT2D eigenvalue weighted by Crippen LogP contribution is 2.08. The molecule has 0 unspecified atom stereocenters. The van der Waals surface area contributed by atoms with Gasteiger partial charge in [-0.1, -0.05) is 18.2 Å². The van der Waals surface area contributed by atoms with Crippen LogP contribution in [-0.2, 0) is 9.53 Å². The van der Waals surface area contributed by atoms with Crippen LogP contribution in [0.25, 0.3) is 0 Å². The topological polar surface area (TPSA) is 61.5 Å². The summed E-state index contributed by atoms with van der Waals surface area (Å²) in [6.07, 6.45) is 0.446. The van der Waals surface area contributed by atoms with Crippen molar-refractivity contribution < 1.29 is 14.3 Å². The van der Waals surface area contributed by atoms with Crippen molar-refractivity contribution in [2.24, 2.45) is 5.73 Å². The van der Waals surface area contributed by atoms with Crippen molar-refractivity contribution in [3.63, 3.8) is 0 Å². The fourth-order valence-electron chi connectivity index (χ4n) is 1.09. The summed E-state index contributed by atoms with van der Waals surface area (Å²) in [5, 5.41) is 0. The minimum atomic E-state index is -0.612. The van der Waals surface area contributed by atoms with Gasteiger partial charge in [-0.3, -0.25) is 4.79 Å². The highest BCUT2D eigenvalue weighted by molar-refractivity contribution is 5.75. The van der Waals surface area contributed by atoms with Crippen molar-refractivity contribution in [3.05, 3.63) is 30.3 Å². The first kappa shape index (κ1) is 11.5. The number of nitrogens with two attached hydrogens (primary N) is 1. The zero-order valence-electron chi connectivity index (χ0n) is 8.68. The number of rotatable bonds is 5. The van der Waals surface area contributed by atoms with E-state index in [9.17, 15) is 4.79 Å². The second-order valence-corrected chi connectivity index (χ2v) is 3.08. The first-order valence-corrected chi connectivity index (χ1v) is 4.75. The Balaban J connectivity index is 2.25. The summed E-state index contributed by atoms with van der Waals surface area (Å²) in [7, 11) is 1.32. The van der Waals surface area contributed by atoms with Gasteiger partial charge < -0.3 is 15.2 Å². The fraction of sp³-hybridized carbons (Fsp3) is 0.364. The van der Waals surface area contributed by atoms with Crippen LogP contribution < -0.4 is 10.5 Å². The van der Waals surface area contributed by atoms with Gasteiger partial charge in [-0.2, -0.15) is 0 Å². The molecule has 1 rings (SSSR count). The third-order valence-corrected chi connectivity index (χ3v) is 1.94. The predicted octanol–water partition coefficient (Wildman–Crippen LogP) is 0.956. The summed E-state index contributed by atoms with van der Waals surface area (Å²) in [5.74, 6) is 0.362. The van der Waals surface area contributed by atoms with Crippen molar-refractivity contribution in [3.8, 4) is 5.75 Å². The molecule has 0 heterocycles. The molecule has 0 radical (unpaired) electrons. The Bertz CT molecular complexity index is 300. The van der Waals surface area contributed by atoms with E-state index in [1.54, 1.807) is 0 Å². The smallest absolute Gasteiger partial charge is 0.322 e. The van der Waals surface area contributed by atoms with Gasteiger partial charge in [-0.15, -0.1) is 0 Å². The van der Waals surface area contributed by atoms with Gasteiger partial charge in [-0.25, -0.2) is 0 Å². The van der Waals surface area contributed by atoms with Gasteiger partial charge in [0.1, 0.15) is 11.8 Å². The Morgan fingerprint density at radius 2 is 2.07 bits per heavy atom. The lowest BCUT2D eigenvalue weighted by molar-refractivity contribution is -0.142. The van der Waals surface area contributed by atoms with Crippen molar-refractivity contribution in [1.82, 2.24) is 0 Å². The third-order valence-electron chi connectivity index (χ3n) is 1.94. The average Bonchev–Trinajstić information content (AvgIpc) is 2.29. The summed E-state index contributed by atoms with van der Waals surface area (Å²) in [6.45, 7) is 0.403. The van der Waals surface area contributed by atoms with Gasteiger partial charge in [0.05, 0.1) is 13.7 Å². The SMILES string of the molecule is COC(=O)[C@H](N)CCOc1ccccc1. The Labute approximate surface area is 89.0 Å². The molecule has 0 aromatic heterocycles. The number of ether oxygens (including phenoxy) is 2. The highest BCUT2D eigenvalue weighted by Gasteiger charge is 2.12. The van der Waals surface area contributed by atoms with Crippen LogP contribution in [0.15, 0.2) is 30.3 Å². The summed E-state index contributed by atoms with van der Waals surface area (Å²) >= 11 is 0. The van der Waals surface area contributed by atoms with Crippen LogP contribution in [0.1, 0.15) is 6.42 Å². The van der Waals surface area contributed by atoms with E-state index in [1.807, 2.05) is 30.3 Å². The molecular weight excluding hydrogens is 194 g/mol. The Kier molecular flexibility index (Phi) is 4.63. The molecule has 0 aliphatic rings. The van der Waals surface area contributed by atoms with Crippen LogP contribution in [0, 0.1) is 0 Å². The molecule has 1 aromatic rings. The number of hydrogen-bond acceptors (Lipinski definition) is 4. The van der Waals surface area contributed by atoms with E-state index in [0.29, 0.717) is 13.0 Å². The van der Waals surface area contributed by atoms with Gasteiger partial charge >= 0.3 is 5.97 Å². The Morgan fingerprint density at radius 1 is 1.40 bits per heavy atom. The average molecular weight is 209 g/mol. The van der Waals surface area contributed by atoms with Gasteiger partial charge in [0.2, 0.25) is 0 Å². The maximum absolute atomic E-state index is 11.0. The first-order valence-electron chi connectivity index (χ1n) is 4.75. The lowest BCUT2D eigenvalue weighted by Crippen LogP contribution is -2.33. The predicted molar refractivity (Wildman–Crippen MR) is 56.5 cm³/mol. The molecule has 4 nitrogen and oxygen atoms in total. The van der Waals surface area contributed by atoms with E-state index in [1.165, 1.54) is 7.11 Å². The fourth-order valence-corrected chi connectivity index (χ4v) is 1.09. The minimum absolute atomic E-state index is 0.403. The Morgan fingerprint density at radius 3 is 2.67 bits per heavy atom. The lowest BCUT2D eigenvalue weighted by atomic mass is 10.2. The molecule has 0 aliphatic carbocycles. The van der Waals surface area contributed by atoms with Crippen LogP contribution >= 0.6 is 0 Å². The van der Waals surface area contributed by atoms with Crippen molar-refractivity contribution in [2.75, 3.05) is 13.7 Å². The van der Waals surface area contributed by atoms with Gasteiger partial charge in [-0.05, 0) is 12.1 Å². The molecule has 0 saturated heterocycles.